The van der Waals surface area contributed by atoms with Gasteiger partial charge < -0.3 is 10.6 Å². The van der Waals surface area contributed by atoms with Crippen molar-refractivity contribution in [1.82, 2.24) is 10.3 Å². The molecule has 1 aliphatic heterocycles. The van der Waals surface area contributed by atoms with Crippen LogP contribution in [0.4, 0.5) is 5.13 Å². The van der Waals surface area contributed by atoms with E-state index in [1.165, 1.54) is 11.3 Å². The number of thiazole rings is 1. The van der Waals surface area contributed by atoms with Crippen molar-refractivity contribution in [1.29, 1.82) is 0 Å². The molecule has 0 spiro atoms. The van der Waals surface area contributed by atoms with Gasteiger partial charge in [-0.15, -0.1) is 22.7 Å². The number of hydrogen-bond acceptors (Lipinski definition) is 5. The second-order valence-corrected chi connectivity index (χ2v) is 7.03. The Morgan fingerprint density at radius 1 is 1.47 bits per heavy atom. The molecule has 19 heavy (non-hydrogen) atoms. The highest BCUT2D eigenvalue weighted by Crippen LogP contribution is 2.32. The lowest BCUT2D eigenvalue weighted by Gasteiger charge is -2.06. The molecule has 2 aromatic rings. The van der Waals surface area contributed by atoms with Crippen molar-refractivity contribution in [2.24, 2.45) is 5.92 Å². The molecule has 1 atom stereocenters. The van der Waals surface area contributed by atoms with Crippen LogP contribution in [0.2, 0.25) is 0 Å². The summed E-state index contributed by atoms with van der Waals surface area (Å²) in [5.74, 6) is 0.140. The zero-order valence-corrected chi connectivity index (χ0v) is 13.2. The minimum absolute atomic E-state index is 0.0678. The van der Waals surface area contributed by atoms with E-state index in [4.69, 9.17) is 0 Å². The first-order valence-electron chi connectivity index (χ1n) is 5.94. The van der Waals surface area contributed by atoms with Crippen LogP contribution in [0.1, 0.15) is 6.42 Å². The van der Waals surface area contributed by atoms with Crippen molar-refractivity contribution in [2.75, 3.05) is 18.4 Å². The third-order valence-electron chi connectivity index (χ3n) is 2.99. The number of rotatable bonds is 3. The van der Waals surface area contributed by atoms with Gasteiger partial charge in [0.05, 0.1) is 16.5 Å². The van der Waals surface area contributed by atoms with Crippen molar-refractivity contribution in [3.63, 3.8) is 0 Å². The molecule has 0 saturated carbocycles. The van der Waals surface area contributed by atoms with E-state index >= 15 is 0 Å². The molecule has 7 heteroatoms. The van der Waals surface area contributed by atoms with Crippen LogP contribution in [0.5, 0.6) is 0 Å². The molecular weight excluding hydrogens is 346 g/mol. The Hall–Kier alpha value is -0.760. The number of carbonyl (C=O) groups is 1. The summed E-state index contributed by atoms with van der Waals surface area (Å²) in [7, 11) is 0. The largest absolute Gasteiger partial charge is 0.316 e. The maximum atomic E-state index is 12.0. The van der Waals surface area contributed by atoms with Crippen molar-refractivity contribution in [3.8, 4) is 10.6 Å². The topological polar surface area (TPSA) is 54.0 Å². The van der Waals surface area contributed by atoms with E-state index in [9.17, 15) is 4.79 Å². The summed E-state index contributed by atoms with van der Waals surface area (Å²) in [6, 6.07) is 2.03. The fraction of sp³-hybridized carbons (Fsp3) is 0.333. The monoisotopic (exact) mass is 357 g/mol. The second-order valence-electron chi connectivity index (χ2n) is 4.35. The quantitative estimate of drug-likeness (QED) is 0.886. The molecule has 4 nitrogen and oxygen atoms in total. The molecule has 100 valence electrons. The number of hydrogen-bond donors (Lipinski definition) is 2. The summed E-state index contributed by atoms with van der Waals surface area (Å²) in [6.07, 6.45) is 0.905. The van der Waals surface area contributed by atoms with E-state index in [0.717, 1.165) is 34.6 Å². The average molecular weight is 358 g/mol. The molecule has 0 bridgehead atoms. The predicted molar refractivity (Wildman–Crippen MR) is 82.7 cm³/mol. The maximum Gasteiger partial charge on any atom is 0.230 e. The smallest absolute Gasteiger partial charge is 0.230 e. The van der Waals surface area contributed by atoms with Crippen LogP contribution >= 0.6 is 38.6 Å². The van der Waals surface area contributed by atoms with Crippen LogP contribution in [0.3, 0.4) is 0 Å². The molecule has 0 aromatic carbocycles. The number of aromatic nitrogens is 1. The number of thiophene rings is 1. The average Bonchev–Trinajstić information content (AvgIpc) is 3.07. The Labute approximate surface area is 127 Å². The fourth-order valence-electron chi connectivity index (χ4n) is 1.98. The number of amides is 1. The van der Waals surface area contributed by atoms with Gasteiger partial charge in [-0.05, 0) is 35.0 Å². The minimum atomic E-state index is 0.0678. The second kappa shape index (κ2) is 5.70. The zero-order chi connectivity index (χ0) is 13.2. The van der Waals surface area contributed by atoms with E-state index in [1.807, 2.05) is 16.8 Å². The van der Waals surface area contributed by atoms with E-state index in [0.29, 0.717) is 5.13 Å². The van der Waals surface area contributed by atoms with Gasteiger partial charge in [0.25, 0.3) is 0 Å². The van der Waals surface area contributed by atoms with Gasteiger partial charge in [0.15, 0.2) is 5.13 Å². The van der Waals surface area contributed by atoms with Gasteiger partial charge in [-0.3, -0.25) is 4.79 Å². The number of halogens is 1. The normalized spacial score (nSPS) is 18.7. The number of anilines is 1. The van der Waals surface area contributed by atoms with Crippen LogP contribution in [-0.4, -0.2) is 24.0 Å². The molecule has 2 N–H and O–H groups in total. The van der Waals surface area contributed by atoms with Crippen LogP contribution in [0.15, 0.2) is 21.3 Å². The van der Waals surface area contributed by atoms with Crippen LogP contribution in [0.25, 0.3) is 10.6 Å². The van der Waals surface area contributed by atoms with E-state index in [2.05, 4.69) is 31.5 Å². The van der Waals surface area contributed by atoms with Gasteiger partial charge in [0.2, 0.25) is 5.91 Å². The van der Waals surface area contributed by atoms with Crippen molar-refractivity contribution >= 4 is 49.6 Å². The molecule has 1 aliphatic rings. The predicted octanol–water partition coefficient (Wildman–Crippen LogP) is 3.18. The van der Waals surface area contributed by atoms with Crippen molar-refractivity contribution < 1.29 is 4.79 Å². The molecule has 1 saturated heterocycles. The summed E-state index contributed by atoms with van der Waals surface area (Å²) < 4.78 is 1.06. The SMILES string of the molecule is O=C(Nc1nc(-c2cc(Br)cs2)cs1)C1CCNC1. The molecule has 0 aliphatic carbocycles. The van der Waals surface area contributed by atoms with E-state index in [1.54, 1.807) is 11.3 Å². The molecule has 3 heterocycles. The maximum absolute atomic E-state index is 12.0. The van der Waals surface area contributed by atoms with Gasteiger partial charge in [0, 0.05) is 21.8 Å². The Morgan fingerprint density at radius 3 is 3.05 bits per heavy atom. The van der Waals surface area contributed by atoms with Gasteiger partial charge in [-0.1, -0.05) is 0 Å². The molecule has 1 unspecified atom stereocenters. The van der Waals surface area contributed by atoms with Gasteiger partial charge in [-0.2, -0.15) is 0 Å². The Balaban J connectivity index is 1.69. The Kier molecular flexibility index (Phi) is 3.97. The highest BCUT2D eigenvalue weighted by atomic mass is 79.9. The standard InChI is InChI=1S/C12H12BrN3OS2/c13-8-3-10(18-5-8)9-6-19-12(15-9)16-11(17)7-1-2-14-4-7/h3,5-7,14H,1-2,4H2,(H,15,16,17). The van der Waals surface area contributed by atoms with Gasteiger partial charge in [-0.25, -0.2) is 4.98 Å². The zero-order valence-electron chi connectivity index (χ0n) is 9.98. The summed E-state index contributed by atoms with van der Waals surface area (Å²) in [5.41, 5.74) is 0.917. The van der Waals surface area contributed by atoms with E-state index < -0.39 is 0 Å². The van der Waals surface area contributed by atoms with Crippen LogP contribution < -0.4 is 10.6 Å². The first-order chi connectivity index (χ1) is 9.22. The first-order valence-corrected chi connectivity index (χ1v) is 8.49. The third-order valence-corrected chi connectivity index (χ3v) is 5.46. The Morgan fingerprint density at radius 2 is 2.37 bits per heavy atom. The minimum Gasteiger partial charge on any atom is -0.316 e. The first kappa shape index (κ1) is 13.2. The summed E-state index contributed by atoms with van der Waals surface area (Å²) in [5, 5.41) is 10.8. The van der Waals surface area contributed by atoms with Crippen LogP contribution in [-0.2, 0) is 4.79 Å². The summed E-state index contributed by atoms with van der Waals surface area (Å²) in [6.45, 7) is 1.69. The number of nitrogens with zero attached hydrogens (tertiary/aromatic N) is 1. The molecular formula is C12H12BrN3OS2. The highest BCUT2D eigenvalue weighted by molar-refractivity contribution is 9.10. The Bertz CT molecular complexity index is 589. The van der Waals surface area contributed by atoms with Gasteiger partial charge in [0.1, 0.15) is 0 Å². The number of carbonyl (C=O) groups excluding carboxylic acids is 1. The fourth-order valence-corrected chi connectivity index (χ4v) is 4.15. The molecule has 1 amide bonds. The summed E-state index contributed by atoms with van der Waals surface area (Å²) in [4.78, 5) is 17.5. The number of nitrogens with one attached hydrogen (secondary N) is 2. The molecule has 0 radical (unpaired) electrons. The lowest BCUT2D eigenvalue weighted by molar-refractivity contribution is -0.119. The molecule has 3 rings (SSSR count). The molecule has 1 fully saturated rings. The van der Waals surface area contributed by atoms with Crippen LogP contribution in [0, 0.1) is 5.92 Å². The highest BCUT2D eigenvalue weighted by Gasteiger charge is 2.23. The van der Waals surface area contributed by atoms with Crippen molar-refractivity contribution in [2.45, 2.75) is 6.42 Å². The lowest BCUT2D eigenvalue weighted by atomic mass is 10.1. The lowest BCUT2D eigenvalue weighted by Crippen LogP contribution is -2.24. The van der Waals surface area contributed by atoms with Crippen molar-refractivity contribution in [3.05, 3.63) is 21.3 Å². The van der Waals surface area contributed by atoms with Gasteiger partial charge >= 0.3 is 0 Å². The molecule has 2 aromatic heterocycles. The third kappa shape index (κ3) is 3.05. The summed E-state index contributed by atoms with van der Waals surface area (Å²) >= 11 is 6.53. The van der Waals surface area contributed by atoms with E-state index in [-0.39, 0.29) is 11.8 Å².